The van der Waals surface area contributed by atoms with Crippen molar-refractivity contribution in [2.45, 2.75) is 6.92 Å². The van der Waals surface area contributed by atoms with Crippen LogP contribution >= 0.6 is 0 Å². The normalized spacial score (nSPS) is 11.8. The molecular weight excluding hydrogens is 328 g/mol. The van der Waals surface area contributed by atoms with Crippen LogP contribution < -0.4 is 23.7 Å². The molecule has 1 aliphatic rings. The fourth-order valence-electron chi connectivity index (χ4n) is 2.24. The van der Waals surface area contributed by atoms with Gasteiger partial charge in [0.15, 0.2) is 35.4 Å². The Morgan fingerprint density at radius 2 is 1.84 bits per heavy atom. The van der Waals surface area contributed by atoms with Crippen molar-refractivity contribution in [3.05, 3.63) is 42.0 Å². The molecule has 2 aromatic rings. The average Bonchev–Trinajstić information content (AvgIpc) is 3.07. The first kappa shape index (κ1) is 16.6. The average molecular weight is 344 g/mol. The Morgan fingerprint density at radius 1 is 1.04 bits per heavy atom. The fraction of sp³-hybridized carbons (Fsp3) is 0.222. The van der Waals surface area contributed by atoms with Crippen LogP contribution in [0.4, 0.5) is 0 Å². The summed E-state index contributed by atoms with van der Waals surface area (Å²) < 4.78 is 26.2. The van der Waals surface area contributed by atoms with E-state index in [0.717, 1.165) is 0 Å². The van der Waals surface area contributed by atoms with E-state index in [4.69, 9.17) is 23.7 Å². The number of methoxy groups -OCH3 is 1. The Bertz CT molecular complexity index is 813. The maximum Gasteiger partial charge on any atom is 0.349 e. The Labute approximate surface area is 144 Å². The molecule has 2 aromatic carbocycles. The summed E-state index contributed by atoms with van der Waals surface area (Å²) in [6, 6.07) is 9.57. The van der Waals surface area contributed by atoms with Crippen LogP contribution in [0.15, 0.2) is 36.4 Å². The number of rotatable bonds is 6. The molecule has 0 saturated heterocycles. The maximum atomic E-state index is 11.9. The van der Waals surface area contributed by atoms with Crippen molar-refractivity contribution >= 4 is 11.8 Å². The lowest BCUT2D eigenvalue weighted by Crippen LogP contribution is -2.18. The molecule has 0 fully saturated rings. The standard InChI is InChI=1S/C18H16O7/c1-11(19)12-3-5-14(16(7-12)21-2)22-9-18(20)25-13-4-6-15-17(8-13)24-10-23-15/h3-8H,9-10H2,1-2H3. The Hall–Kier alpha value is -3.22. The molecule has 0 amide bonds. The van der Waals surface area contributed by atoms with Gasteiger partial charge in [0.25, 0.3) is 0 Å². The first-order chi connectivity index (χ1) is 12.1. The van der Waals surface area contributed by atoms with Crippen molar-refractivity contribution in [3.63, 3.8) is 0 Å². The molecule has 25 heavy (non-hydrogen) atoms. The number of carbonyl (C=O) groups excluding carboxylic acids is 2. The summed E-state index contributed by atoms with van der Waals surface area (Å²) in [5.74, 6) is 1.48. The maximum absolute atomic E-state index is 11.9. The predicted molar refractivity (Wildman–Crippen MR) is 86.7 cm³/mol. The molecule has 0 aliphatic carbocycles. The summed E-state index contributed by atoms with van der Waals surface area (Å²) >= 11 is 0. The van der Waals surface area contributed by atoms with E-state index in [-0.39, 0.29) is 19.2 Å². The van der Waals surface area contributed by atoms with E-state index >= 15 is 0 Å². The number of fused-ring (bicyclic) bond motifs is 1. The monoisotopic (exact) mass is 344 g/mol. The van der Waals surface area contributed by atoms with E-state index in [0.29, 0.717) is 34.3 Å². The lowest BCUT2D eigenvalue weighted by molar-refractivity contribution is -0.136. The summed E-state index contributed by atoms with van der Waals surface area (Å²) in [6.45, 7) is 1.29. The highest BCUT2D eigenvalue weighted by Gasteiger charge is 2.16. The van der Waals surface area contributed by atoms with Gasteiger partial charge in [-0.3, -0.25) is 4.79 Å². The molecule has 0 unspecified atom stereocenters. The van der Waals surface area contributed by atoms with Crippen LogP contribution in [0, 0.1) is 0 Å². The molecule has 7 nitrogen and oxygen atoms in total. The third-order valence-corrected chi connectivity index (χ3v) is 3.49. The minimum Gasteiger partial charge on any atom is -0.493 e. The lowest BCUT2D eigenvalue weighted by Gasteiger charge is -2.11. The predicted octanol–water partition coefficient (Wildman–Crippen LogP) is 2.61. The molecule has 1 aliphatic heterocycles. The molecular formula is C18H16O7. The third kappa shape index (κ3) is 3.82. The van der Waals surface area contributed by atoms with Gasteiger partial charge in [-0.05, 0) is 37.3 Å². The third-order valence-electron chi connectivity index (χ3n) is 3.49. The van der Waals surface area contributed by atoms with Gasteiger partial charge >= 0.3 is 5.97 Å². The highest BCUT2D eigenvalue weighted by atomic mass is 16.7. The quantitative estimate of drug-likeness (QED) is 0.453. The highest BCUT2D eigenvalue weighted by molar-refractivity contribution is 5.94. The minimum atomic E-state index is -0.587. The molecule has 0 atom stereocenters. The first-order valence-corrected chi connectivity index (χ1v) is 7.49. The Kier molecular flexibility index (Phi) is 4.74. The fourth-order valence-corrected chi connectivity index (χ4v) is 2.24. The van der Waals surface area contributed by atoms with Crippen LogP contribution in [0.25, 0.3) is 0 Å². The van der Waals surface area contributed by atoms with Gasteiger partial charge in [-0.1, -0.05) is 0 Å². The molecule has 130 valence electrons. The van der Waals surface area contributed by atoms with Crippen LogP contribution in [-0.2, 0) is 4.79 Å². The summed E-state index contributed by atoms with van der Waals surface area (Å²) in [7, 11) is 1.46. The van der Waals surface area contributed by atoms with Crippen LogP contribution in [0.2, 0.25) is 0 Å². The molecule has 3 rings (SSSR count). The molecule has 0 bridgehead atoms. The number of Topliss-reactive ketones (excluding diaryl/α,β-unsaturated/α-hetero) is 1. The van der Waals surface area contributed by atoms with E-state index < -0.39 is 5.97 Å². The van der Waals surface area contributed by atoms with Crippen molar-refractivity contribution in [1.29, 1.82) is 0 Å². The van der Waals surface area contributed by atoms with Gasteiger partial charge in [-0.25, -0.2) is 4.79 Å². The minimum absolute atomic E-state index is 0.0907. The molecule has 7 heteroatoms. The van der Waals surface area contributed by atoms with Crippen molar-refractivity contribution in [1.82, 2.24) is 0 Å². The number of benzene rings is 2. The van der Waals surface area contributed by atoms with Gasteiger partial charge in [0, 0.05) is 11.6 Å². The summed E-state index contributed by atoms with van der Waals surface area (Å²) in [5.41, 5.74) is 0.493. The van der Waals surface area contributed by atoms with E-state index in [1.165, 1.54) is 14.0 Å². The van der Waals surface area contributed by atoms with Crippen molar-refractivity contribution in [2.24, 2.45) is 0 Å². The number of ketones is 1. The molecule has 0 N–H and O–H groups in total. The van der Waals surface area contributed by atoms with E-state index in [2.05, 4.69) is 0 Å². The second-order valence-electron chi connectivity index (χ2n) is 5.20. The molecule has 0 saturated carbocycles. The number of hydrogen-bond acceptors (Lipinski definition) is 7. The van der Waals surface area contributed by atoms with Gasteiger partial charge in [0.2, 0.25) is 6.79 Å². The topological polar surface area (TPSA) is 80.3 Å². The van der Waals surface area contributed by atoms with E-state index in [1.807, 2.05) is 0 Å². The second-order valence-corrected chi connectivity index (χ2v) is 5.20. The van der Waals surface area contributed by atoms with E-state index in [1.54, 1.807) is 36.4 Å². The van der Waals surface area contributed by atoms with Crippen molar-refractivity contribution in [3.8, 4) is 28.7 Å². The largest absolute Gasteiger partial charge is 0.493 e. The zero-order valence-electron chi connectivity index (χ0n) is 13.7. The van der Waals surface area contributed by atoms with Crippen molar-refractivity contribution in [2.75, 3.05) is 20.5 Å². The van der Waals surface area contributed by atoms with Crippen LogP contribution in [0.3, 0.4) is 0 Å². The Morgan fingerprint density at radius 3 is 2.60 bits per heavy atom. The van der Waals surface area contributed by atoms with Gasteiger partial charge in [-0.15, -0.1) is 0 Å². The number of esters is 1. The zero-order chi connectivity index (χ0) is 17.8. The molecule has 0 aromatic heterocycles. The van der Waals surface area contributed by atoms with Gasteiger partial charge < -0.3 is 23.7 Å². The van der Waals surface area contributed by atoms with Crippen LogP contribution in [-0.4, -0.2) is 32.3 Å². The zero-order valence-corrected chi connectivity index (χ0v) is 13.7. The molecule has 0 spiro atoms. The number of carbonyl (C=O) groups is 2. The number of ether oxygens (including phenoxy) is 5. The SMILES string of the molecule is COc1cc(C(C)=O)ccc1OCC(=O)Oc1ccc2c(c1)OCO2. The van der Waals surface area contributed by atoms with Crippen LogP contribution in [0.1, 0.15) is 17.3 Å². The second kappa shape index (κ2) is 7.12. The molecule has 0 radical (unpaired) electrons. The number of hydrogen-bond donors (Lipinski definition) is 0. The van der Waals surface area contributed by atoms with Gasteiger partial charge in [0.1, 0.15) is 5.75 Å². The van der Waals surface area contributed by atoms with Gasteiger partial charge in [0.05, 0.1) is 7.11 Å². The molecule has 1 heterocycles. The van der Waals surface area contributed by atoms with E-state index in [9.17, 15) is 9.59 Å². The summed E-state index contributed by atoms with van der Waals surface area (Å²) in [4.78, 5) is 23.3. The summed E-state index contributed by atoms with van der Waals surface area (Å²) in [6.07, 6.45) is 0. The smallest absolute Gasteiger partial charge is 0.349 e. The van der Waals surface area contributed by atoms with Gasteiger partial charge in [-0.2, -0.15) is 0 Å². The summed E-state index contributed by atoms with van der Waals surface area (Å²) in [5, 5.41) is 0. The van der Waals surface area contributed by atoms with Crippen LogP contribution in [0.5, 0.6) is 28.7 Å². The lowest BCUT2D eigenvalue weighted by atomic mass is 10.1. The Balaban J connectivity index is 1.61. The first-order valence-electron chi connectivity index (χ1n) is 7.49. The highest BCUT2D eigenvalue weighted by Crippen LogP contribution is 2.35. The van der Waals surface area contributed by atoms with Crippen molar-refractivity contribution < 1.29 is 33.3 Å².